The topological polar surface area (TPSA) is 73.7 Å². The first-order valence-electron chi connectivity index (χ1n) is 4.75. The van der Waals surface area contributed by atoms with Crippen molar-refractivity contribution in [1.29, 1.82) is 0 Å². The number of hydrogen-bond donors (Lipinski definition) is 2. The van der Waals surface area contributed by atoms with Gasteiger partial charge in [-0.05, 0) is 24.0 Å². The molecule has 2 heterocycles. The minimum absolute atomic E-state index is 0.0959. The number of carbonyl (C=O) groups is 1. The van der Waals surface area contributed by atoms with Gasteiger partial charge in [-0.15, -0.1) is 0 Å². The zero-order chi connectivity index (χ0) is 10.8. The first kappa shape index (κ1) is 10.4. The lowest BCUT2D eigenvalue weighted by Gasteiger charge is -2.22. The van der Waals surface area contributed by atoms with Crippen molar-refractivity contribution >= 4 is 17.6 Å². The summed E-state index contributed by atoms with van der Waals surface area (Å²) in [5.41, 5.74) is 0. The smallest absolute Gasteiger partial charge is 0.407 e. The Kier molecular flexibility index (Phi) is 2.88. The lowest BCUT2D eigenvalue weighted by Crippen LogP contribution is -2.38. The van der Waals surface area contributed by atoms with Crippen molar-refractivity contribution < 1.29 is 15.0 Å². The summed E-state index contributed by atoms with van der Waals surface area (Å²) in [4.78, 5) is 13.3. The van der Waals surface area contributed by atoms with Gasteiger partial charge in [-0.2, -0.15) is 0 Å². The van der Waals surface area contributed by atoms with Gasteiger partial charge in [0.25, 0.3) is 0 Å². The van der Waals surface area contributed by atoms with Gasteiger partial charge in [0.1, 0.15) is 0 Å². The van der Waals surface area contributed by atoms with Gasteiger partial charge in [0, 0.05) is 23.5 Å². The van der Waals surface area contributed by atoms with Crippen molar-refractivity contribution in [3.8, 4) is 0 Å². The molecule has 1 saturated heterocycles. The second-order valence-corrected chi connectivity index (χ2v) is 4.40. The monoisotopic (exact) mass is 228 g/mol. The molecule has 0 saturated carbocycles. The van der Waals surface area contributed by atoms with Crippen LogP contribution in [0.2, 0.25) is 0 Å². The highest BCUT2D eigenvalue weighted by atomic mass is 32.1. The molecule has 0 aliphatic carbocycles. The molecule has 1 aromatic rings. The van der Waals surface area contributed by atoms with Crippen molar-refractivity contribution in [3.05, 3.63) is 17.1 Å². The van der Waals surface area contributed by atoms with Crippen LogP contribution in [0.4, 0.5) is 4.79 Å². The van der Waals surface area contributed by atoms with Crippen LogP contribution in [0.25, 0.3) is 0 Å². The minimum Gasteiger partial charge on any atom is -0.465 e. The van der Waals surface area contributed by atoms with Gasteiger partial charge in [-0.25, -0.2) is 9.17 Å². The van der Waals surface area contributed by atoms with Crippen LogP contribution in [0.15, 0.2) is 12.3 Å². The molecule has 2 rings (SSSR count). The molecule has 0 bridgehead atoms. The van der Waals surface area contributed by atoms with E-state index in [0.717, 1.165) is 11.3 Å². The Bertz CT molecular complexity index is 341. The quantitative estimate of drug-likeness (QED) is 0.791. The molecule has 2 unspecified atom stereocenters. The summed E-state index contributed by atoms with van der Waals surface area (Å²) >= 11 is 1.37. The number of likely N-dealkylation sites (tertiary alicyclic amines) is 1. The van der Waals surface area contributed by atoms with Crippen LogP contribution in [0.1, 0.15) is 17.2 Å². The van der Waals surface area contributed by atoms with Crippen LogP contribution >= 0.6 is 11.5 Å². The summed E-state index contributed by atoms with van der Waals surface area (Å²) < 4.78 is 4.00. The Morgan fingerprint density at radius 2 is 2.53 bits per heavy atom. The van der Waals surface area contributed by atoms with Crippen molar-refractivity contribution in [2.45, 2.75) is 18.4 Å². The van der Waals surface area contributed by atoms with E-state index in [1.54, 1.807) is 6.20 Å². The Labute approximate surface area is 91.1 Å². The molecule has 2 N–H and O–H groups in total. The molecule has 82 valence electrons. The summed E-state index contributed by atoms with van der Waals surface area (Å²) in [6.45, 7) is 0.359. The molecule has 1 aliphatic heterocycles. The van der Waals surface area contributed by atoms with Gasteiger partial charge in [0.15, 0.2) is 0 Å². The van der Waals surface area contributed by atoms with Crippen LogP contribution in [0.5, 0.6) is 0 Å². The maximum atomic E-state index is 10.9. The molecule has 1 amide bonds. The lowest BCUT2D eigenvalue weighted by molar-refractivity contribution is 0.114. The number of carboxylic acid groups (broad SMARTS) is 1. The van der Waals surface area contributed by atoms with Gasteiger partial charge in [-0.1, -0.05) is 0 Å². The van der Waals surface area contributed by atoms with Gasteiger partial charge >= 0.3 is 6.09 Å². The molecule has 15 heavy (non-hydrogen) atoms. The fraction of sp³-hybridized carbons (Fsp3) is 0.556. The average molecular weight is 228 g/mol. The van der Waals surface area contributed by atoms with Gasteiger partial charge in [-0.3, -0.25) is 0 Å². The van der Waals surface area contributed by atoms with E-state index >= 15 is 0 Å². The molecular formula is C9H12N2O3S. The summed E-state index contributed by atoms with van der Waals surface area (Å²) in [6, 6.07) is 1.58. The first-order chi connectivity index (χ1) is 7.24. The second kappa shape index (κ2) is 4.16. The number of aliphatic hydroxyl groups excluding tert-OH is 1. The standard InChI is InChI=1S/C9H12N2O3S/c12-5-7-6(8-1-3-10-15-8)2-4-11(7)9(13)14/h1,3,6-7,12H,2,4-5H2,(H,13,14). The normalized spacial score (nSPS) is 25.8. The average Bonchev–Trinajstić information content (AvgIpc) is 2.85. The van der Waals surface area contributed by atoms with Crippen molar-refractivity contribution in [3.63, 3.8) is 0 Å². The molecule has 1 aliphatic rings. The Morgan fingerprint density at radius 1 is 1.73 bits per heavy atom. The van der Waals surface area contributed by atoms with E-state index in [9.17, 15) is 9.90 Å². The third kappa shape index (κ3) is 1.82. The number of hydrogen-bond acceptors (Lipinski definition) is 4. The number of amides is 1. The maximum absolute atomic E-state index is 10.9. The van der Waals surface area contributed by atoms with Crippen LogP contribution in [-0.4, -0.2) is 44.8 Å². The molecule has 5 nitrogen and oxygen atoms in total. The second-order valence-electron chi connectivity index (χ2n) is 3.54. The van der Waals surface area contributed by atoms with Crippen LogP contribution in [-0.2, 0) is 0 Å². The van der Waals surface area contributed by atoms with Crippen molar-refractivity contribution in [2.24, 2.45) is 0 Å². The van der Waals surface area contributed by atoms with E-state index in [1.807, 2.05) is 6.07 Å². The molecule has 0 spiro atoms. The molecule has 0 radical (unpaired) electrons. The van der Waals surface area contributed by atoms with Gasteiger partial charge in [0.2, 0.25) is 0 Å². The maximum Gasteiger partial charge on any atom is 0.407 e. The molecule has 2 atom stereocenters. The third-order valence-electron chi connectivity index (χ3n) is 2.80. The summed E-state index contributed by atoms with van der Waals surface area (Å²) in [7, 11) is 0. The Morgan fingerprint density at radius 3 is 3.07 bits per heavy atom. The van der Waals surface area contributed by atoms with Crippen LogP contribution in [0.3, 0.4) is 0 Å². The van der Waals surface area contributed by atoms with E-state index < -0.39 is 6.09 Å². The van der Waals surface area contributed by atoms with E-state index in [2.05, 4.69) is 4.37 Å². The largest absolute Gasteiger partial charge is 0.465 e. The van der Waals surface area contributed by atoms with E-state index in [-0.39, 0.29) is 18.6 Å². The van der Waals surface area contributed by atoms with Crippen LogP contribution < -0.4 is 0 Å². The van der Waals surface area contributed by atoms with Gasteiger partial charge < -0.3 is 15.1 Å². The molecule has 1 aromatic heterocycles. The Balaban J connectivity index is 2.18. The summed E-state index contributed by atoms with van der Waals surface area (Å²) in [5, 5.41) is 18.2. The number of rotatable bonds is 2. The number of aliphatic hydroxyl groups is 1. The predicted molar refractivity (Wildman–Crippen MR) is 55.1 cm³/mol. The van der Waals surface area contributed by atoms with Crippen LogP contribution in [0, 0.1) is 0 Å². The molecule has 0 aromatic carbocycles. The SMILES string of the molecule is O=C(O)N1CCC(c2ccns2)C1CO. The van der Waals surface area contributed by atoms with Crippen molar-refractivity contribution in [2.75, 3.05) is 13.2 Å². The highest BCUT2D eigenvalue weighted by Crippen LogP contribution is 2.34. The highest BCUT2D eigenvalue weighted by molar-refractivity contribution is 7.05. The first-order valence-corrected chi connectivity index (χ1v) is 5.52. The van der Waals surface area contributed by atoms with Crippen molar-refractivity contribution in [1.82, 2.24) is 9.27 Å². The lowest BCUT2D eigenvalue weighted by atomic mass is 9.99. The predicted octanol–water partition coefficient (Wildman–Crippen LogP) is 0.971. The zero-order valence-electron chi connectivity index (χ0n) is 8.04. The summed E-state index contributed by atoms with van der Waals surface area (Å²) in [6.07, 6.45) is 1.51. The summed E-state index contributed by atoms with van der Waals surface area (Å²) in [5.74, 6) is 0.0959. The highest BCUT2D eigenvalue weighted by Gasteiger charge is 2.38. The van der Waals surface area contributed by atoms with E-state index in [1.165, 1.54) is 16.4 Å². The fourth-order valence-electron chi connectivity index (χ4n) is 2.07. The molecular weight excluding hydrogens is 216 g/mol. The Hall–Kier alpha value is -1.14. The van der Waals surface area contributed by atoms with E-state index in [0.29, 0.717) is 6.54 Å². The fourth-order valence-corrected chi connectivity index (χ4v) is 2.84. The number of aromatic nitrogens is 1. The minimum atomic E-state index is -0.957. The van der Waals surface area contributed by atoms with E-state index in [4.69, 9.17) is 5.11 Å². The third-order valence-corrected chi connectivity index (χ3v) is 3.68. The number of nitrogens with zero attached hydrogens (tertiary/aromatic N) is 2. The molecule has 1 fully saturated rings. The molecule has 6 heteroatoms. The zero-order valence-corrected chi connectivity index (χ0v) is 8.85. The van der Waals surface area contributed by atoms with Gasteiger partial charge in [0.05, 0.1) is 12.6 Å².